The number of thioether (sulfide) groups is 2. The number of carboxylic acid groups (broad SMARTS) is 1. The summed E-state index contributed by atoms with van der Waals surface area (Å²) in [7, 11) is 0. The van der Waals surface area contributed by atoms with Crippen molar-refractivity contribution in [2.24, 2.45) is 0 Å². The predicted octanol–water partition coefficient (Wildman–Crippen LogP) is 1.26. The molecule has 6 N–H and O–H groups in total. The van der Waals surface area contributed by atoms with Crippen LogP contribution in [0.4, 0.5) is 0 Å². The van der Waals surface area contributed by atoms with Gasteiger partial charge in [-0.25, -0.2) is 0 Å². The second-order valence-electron chi connectivity index (χ2n) is 8.16. The lowest BCUT2D eigenvalue weighted by atomic mass is 10.0. The first-order valence-electron chi connectivity index (χ1n) is 10.0. The van der Waals surface area contributed by atoms with Crippen molar-refractivity contribution in [1.82, 2.24) is 10.6 Å². The highest BCUT2D eigenvalue weighted by atomic mass is 32.2. The number of β-amino-alcohol motifs (C(OH)–C–C–N with tert-alkyl or cyclic N) is 1. The molecule has 0 spiro atoms. The van der Waals surface area contributed by atoms with E-state index < -0.39 is 12.1 Å². The molecule has 1 aromatic carbocycles. The van der Waals surface area contributed by atoms with Crippen molar-refractivity contribution in [3.63, 3.8) is 0 Å². The van der Waals surface area contributed by atoms with Gasteiger partial charge in [-0.15, -0.1) is 11.8 Å². The van der Waals surface area contributed by atoms with Gasteiger partial charge in [-0.2, -0.15) is 0 Å². The number of aromatic hydroxyl groups is 1. The molecule has 0 radical (unpaired) electrons. The van der Waals surface area contributed by atoms with Crippen molar-refractivity contribution >= 4 is 40.5 Å². The van der Waals surface area contributed by atoms with Gasteiger partial charge in [0.25, 0.3) is 0 Å². The minimum Gasteiger partial charge on any atom is -0.508 e. The van der Waals surface area contributed by atoms with Crippen LogP contribution < -0.4 is 10.6 Å². The van der Waals surface area contributed by atoms with E-state index in [2.05, 4.69) is 10.6 Å². The molecule has 1 aliphatic rings. The lowest BCUT2D eigenvalue weighted by Crippen LogP contribution is -2.38. The van der Waals surface area contributed by atoms with Gasteiger partial charge < -0.3 is 31.1 Å². The quantitative estimate of drug-likeness (QED) is 0.299. The molecule has 0 aliphatic carbocycles. The van der Waals surface area contributed by atoms with Gasteiger partial charge in [0.1, 0.15) is 5.75 Å². The van der Waals surface area contributed by atoms with Crippen LogP contribution in [0, 0.1) is 0 Å². The summed E-state index contributed by atoms with van der Waals surface area (Å²) in [6.45, 7) is 6.26. The molecule has 2 atom stereocenters. The highest BCUT2D eigenvalue weighted by Gasteiger charge is 2.26. The normalized spacial score (nSPS) is 16.8. The number of phenols is 1. The third-order valence-corrected chi connectivity index (χ3v) is 6.14. The standard InChI is InChI=1S/C13H21NO3.C8H11NO4S2/c1-13(2,3)14-7-12(17)9-4-5-11(16)10(6-9)8-15;10-6(3-14-4-7(11)12)9-5-1-2-15-8(5)13/h4-6,12,14-17H,7-8H2,1-3H3;5H,1-4H2,(H,9,10)(H,11,12). The van der Waals surface area contributed by atoms with Gasteiger partial charge in [0.2, 0.25) is 11.0 Å². The number of aliphatic hydroxyl groups is 2. The smallest absolute Gasteiger partial charge is 0.313 e. The number of aliphatic carboxylic acids is 1. The topological polar surface area (TPSA) is 156 Å². The summed E-state index contributed by atoms with van der Waals surface area (Å²) in [4.78, 5) is 32.5. The Bertz CT molecular complexity index is 784. The molecular formula is C21H32N2O7S2. The van der Waals surface area contributed by atoms with Crippen molar-refractivity contribution in [2.45, 2.75) is 51.5 Å². The van der Waals surface area contributed by atoms with E-state index in [1.807, 2.05) is 20.8 Å². The zero-order valence-corrected chi connectivity index (χ0v) is 20.1. The minimum absolute atomic E-state index is 0.00779. The first-order valence-corrected chi connectivity index (χ1v) is 12.2. The number of amides is 1. The molecule has 0 aromatic heterocycles. The molecule has 11 heteroatoms. The molecule has 1 fully saturated rings. The summed E-state index contributed by atoms with van der Waals surface area (Å²) in [5.74, 6) is -0.442. The van der Waals surface area contributed by atoms with Crippen molar-refractivity contribution in [3.8, 4) is 5.75 Å². The van der Waals surface area contributed by atoms with Crippen LogP contribution in [-0.4, -0.2) is 72.8 Å². The number of carboxylic acids is 1. The number of benzene rings is 1. The van der Waals surface area contributed by atoms with Crippen LogP contribution in [0.15, 0.2) is 18.2 Å². The predicted molar refractivity (Wildman–Crippen MR) is 126 cm³/mol. The maximum absolute atomic E-state index is 11.2. The zero-order valence-electron chi connectivity index (χ0n) is 18.5. The van der Waals surface area contributed by atoms with Gasteiger partial charge in [-0.05, 0) is 44.9 Å². The molecule has 0 bridgehead atoms. The highest BCUT2D eigenvalue weighted by Crippen LogP contribution is 2.22. The lowest BCUT2D eigenvalue weighted by molar-refractivity contribution is -0.133. The van der Waals surface area contributed by atoms with Crippen LogP contribution in [0.2, 0.25) is 0 Å². The van der Waals surface area contributed by atoms with Gasteiger partial charge in [0.05, 0.1) is 30.3 Å². The summed E-state index contributed by atoms with van der Waals surface area (Å²) >= 11 is 2.25. The maximum Gasteiger partial charge on any atom is 0.313 e. The van der Waals surface area contributed by atoms with E-state index in [-0.39, 0.29) is 46.5 Å². The van der Waals surface area contributed by atoms with Crippen LogP contribution in [-0.2, 0) is 21.0 Å². The molecule has 2 unspecified atom stereocenters. The molecule has 9 nitrogen and oxygen atoms in total. The van der Waals surface area contributed by atoms with Gasteiger partial charge in [-0.3, -0.25) is 14.4 Å². The van der Waals surface area contributed by atoms with Crippen molar-refractivity contribution in [3.05, 3.63) is 29.3 Å². The van der Waals surface area contributed by atoms with Crippen molar-refractivity contribution < 1.29 is 34.8 Å². The van der Waals surface area contributed by atoms with Crippen LogP contribution in [0.1, 0.15) is 44.4 Å². The molecular weight excluding hydrogens is 456 g/mol. The molecule has 1 aromatic rings. The number of hydrogen-bond acceptors (Lipinski definition) is 9. The number of aliphatic hydroxyl groups excluding tert-OH is 2. The van der Waals surface area contributed by atoms with Crippen LogP contribution in [0.5, 0.6) is 5.75 Å². The zero-order chi connectivity index (χ0) is 24.3. The Morgan fingerprint density at radius 2 is 1.97 bits per heavy atom. The molecule has 1 aliphatic heterocycles. The molecule has 0 saturated carbocycles. The fourth-order valence-corrected chi connectivity index (χ4v) is 4.03. The maximum atomic E-state index is 11.2. The van der Waals surface area contributed by atoms with Crippen LogP contribution in [0.3, 0.4) is 0 Å². The average Bonchev–Trinajstić information content (AvgIpc) is 3.10. The summed E-state index contributed by atoms with van der Waals surface area (Å²) in [6, 6.07) is 4.38. The van der Waals surface area contributed by atoms with Crippen molar-refractivity contribution in [2.75, 3.05) is 23.8 Å². The SMILES string of the molecule is CC(C)(C)NCC(O)c1ccc(O)c(CO)c1.O=C(O)CSCC(=O)NC1CCSC1=O. The van der Waals surface area contributed by atoms with E-state index in [4.69, 9.17) is 10.2 Å². The number of rotatable bonds is 9. The minimum atomic E-state index is -0.944. The summed E-state index contributed by atoms with van der Waals surface area (Å²) in [5.41, 5.74) is 1.05. The summed E-state index contributed by atoms with van der Waals surface area (Å²) < 4.78 is 0. The van der Waals surface area contributed by atoms with E-state index in [0.717, 1.165) is 17.5 Å². The lowest BCUT2D eigenvalue weighted by Gasteiger charge is -2.23. The van der Waals surface area contributed by atoms with E-state index >= 15 is 0 Å². The third kappa shape index (κ3) is 11.2. The summed E-state index contributed by atoms with van der Waals surface area (Å²) in [5, 5.41) is 42.5. The van der Waals surface area contributed by atoms with E-state index in [1.54, 1.807) is 12.1 Å². The number of nitrogens with one attached hydrogen (secondary N) is 2. The first kappa shape index (κ1) is 28.2. The number of carbonyl (C=O) groups is 3. The van der Waals surface area contributed by atoms with E-state index in [0.29, 0.717) is 24.1 Å². The highest BCUT2D eigenvalue weighted by molar-refractivity contribution is 8.14. The molecule has 1 saturated heterocycles. The largest absolute Gasteiger partial charge is 0.508 e. The fourth-order valence-electron chi connectivity index (χ4n) is 2.55. The van der Waals surface area contributed by atoms with Gasteiger partial charge in [-0.1, -0.05) is 17.8 Å². The Labute approximate surface area is 196 Å². The first-order chi connectivity index (χ1) is 14.9. The van der Waals surface area contributed by atoms with Gasteiger partial charge in [0.15, 0.2) is 0 Å². The third-order valence-electron chi connectivity index (χ3n) is 4.21. The monoisotopic (exact) mass is 488 g/mol. The van der Waals surface area contributed by atoms with Crippen molar-refractivity contribution in [1.29, 1.82) is 0 Å². The van der Waals surface area contributed by atoms with Crippen LogP contribution >= 0.6 is 23.5 Å². The molecule has 2 rings (SSSR count). The van der Waals surface area contributed by atoms with Gasteiger partial charge in [0, 0.05) is 23.4 Å². The Kier molecular flexibility index (Phi) is 12.1. The fraction of sp³-hybridized carbons (Fsp3) is 0.571. The van der Waals surface area contributed by atoms with E-state index in [1.165, 1.54) is 17.8 Å². The second kappa shape index (κ2) is 13.7. The van der Waals surface area contributed by atoms with Crippen LogP contribution in [0.25, 0.3) is 0 Å². The number of carbonyl (C=O) groups excluding carboxylic acids is 2. The van der Waals surface area contributed by atoms with E-state index in [9.17, 15) is 24.6 Å². The molecule has 180 valence electrons. The molecule has 32 heavy (non-hydrogen) atoms. The Morgan fingerprint density at radius 1 is 1.28 bits per heavy atom. The Balaban J connectivity index is 0.000000323. The Hall–Kier alpha value is -1.79. The molecule has 1 heterocycles. The summed E-state index contributed by atoms with van der Waals surface area (Å²) in [6.07, 6.45) is 0.0129. The molecule has 1 amide bonds. The average molecular weight is 489 g/mol. The van der Waals surface area contributed by atoms with Gasteiger partial charge >= 0.3 is 5.97 Å². The Morgan fingerprint density at radius 3 is 2.50 bits per heavy atom. The number of hydrogen-bond donors (Lipinski definition) is 6. The second-order valence-corrected chi connectivity index (χ2v) is 10.2.